The van der Waals surface area contributed by atoms with Crippen molar-refractivity contribution in [1.29, 1.82) is 0 Å². The first-order valence-electron chi connectivity index (χ1n) is 15.3. The highest BCUT2D eigenvalue weighted by molar-refractivity contribution is 7.09. The summed E-state index contributed by atoms with van der Waals surface area (Å²) in [4.78, 5) is 47.3. The molecule has 0 radical (unpaired) electrons. The highest BCUT2D eigenvalue weighted by atomic mass is 32.1. The SMILES string of the molecule is CC(C)(C)C(NC(=O)OCc1cncs1)C(=O)NC(Cc1ccccc1)C(O)CC(Cc1ccc(-c2ccccn2)cc1)NC(=O)O. The number of rotatable bonds is 14. The number of aliphatic hydroxyl groups excluding tert-OH is 1. The minimum atomic E-state index is -1.22. The van der Waals surface area contributed by atoms with Crippen LogP contribution in [0.4, 0.5) is 9.59 Å². The van der Waals surface area contributed by atoms with Crippen molar-refractivity contribution in [3.63, 3.8) is 0 Å². The van der Waals surface area contributed by atoms with E-state index in [1.807, 2.05) is 93.6 Å². The van der Waals surface area contributed by atoms with Crippen LogP contribution in [0.25, 0.3) is 11.3 Å². The maximum atomic E-state index is 13.8. The van der Waals surface area contributed by atoms with Gasteiger partial charge in [-0.25, -0.2) is 9.59 Å². The van der Waals surface area contributed by atoms with Crippen molar-refractivity contribution in [3.8, 4) is 11.3 Å². The van der Waals surface area contributed by atoms with Gasteiger partial charge in [-0.05, 0) is 47.9 Å². The first-order chi connectivity index (χ1) is 22.5. The average Bonchev–Trinajstić information content (AvgIpc) is 3.56. The van der Waals surface area contributed by atoms with Gasteiger partial charge in [-0.1, -0.05) is 81.4 Å². The molecule has 0 bridgehead atoms. The van der Waals surface area contributed by atoms with Gasteiger partial charge in [-0.2, -0.15) is 0 Å². The molecule has 3 amide bonds. The lowest BCUT2D eigenvalue weighted by Gasteiger charge is -2.33. The predicted molar refractivity (Wildman–Crippen MR) is 180 cm³/mol. The van der Waals surface area contributed by atoms with Crippen LogP contribution in [0.2, 0.25) is 0 Å². The van der Waals surface area contributed by atoms with Gasteiger partial charge < -0.3 is 30.9 Å². The third-order valence-corrected chi connectivity index (χ3v) is 8.31. The van der Waals surface area contributed by atoms with Gasteiger partial charge in [-0.3, -0.25) is 14.8 Å². The summed E-state index contributed by atoms with van der Waals surface area (Å²) in [5.74, 6) is -0.500. The summed E-state index contributed by atoms with van der Waals surface area (Å²) in [7, 11) is 0. The molecule has 0 saturated carbocycles. The summed E-state index contributed by atoms with van der Waals surface area (Å²) in [6.07, 6.45) is 0.828. The number of pyridine rings is 1. The number of ether oxygens (including phenoxy) is 1. The molecule has 0 aliphatic rings. The quantitative estimate of drug-likeness (QED) is 0.123. The van der Waals surface area contributed by atoms with Gasteiger partial charge >= 0.3 is 12.2 Å². The molecular weight excluding hydrogens is 618 g/mol. The van der Waals surface area contributed by atoms with Crippen LogP contribution in [0.15, 0.2) is 90.7 Å². The second-order valence-electron chi connectivity index (χ2n) is 12.4. The molecular formula is C35H41N5O6S. The topological polar surface area (TPSA) is 163 Å². The Labute approximate surface area is 278 Å². The molecule has 4 atom stereocenters. The van der Waals surface area contributed by atoms with Crippen molar-refractivity contribution in [1.82, 2.24) is 25.9 Å². The molecule has 4 unspecified atom stereocenters. The number of carbonyl (C=O) groups is 3. The Morgan fingerprint density at radius 3 is 2.21 bits per heavy atom. The second-order valence-corrected chi connectivity index (χ2v) is 13.3. The van der Waals surface area contributed by atoms with E-state index in [9.17, 15) is 24.6 Å². The highest BCUT2D eigenvalue weighted by Gasteiger charge is 2.36. The third-order valence-electron chi connectivity index (χ3n) is 7.56. The molecule has 5 N–H and O–H groups in total. The van der Waals surface area contributed by atoms with E-state index in [2.05, 4.69) is 25.9 Å². The molecule has 248 valence electrons. The molecule has 0 spiro atoms. The molecule has 0 saturated heterocycles. The number of aliphatic hydroxyl groups is 1. The maximum Gasteiger partial charge on any atom is 0.408 e. The van der Waals surface area contributed by atoms with E-state index in [1.54, 1.807) is 17.9 Å². The summed E-state index contributed by atoms with van der Waals surface area (Å²) in [5.41, 5.74) is 4.42. The largest absolute Gasteiger partial charge is 0.465 e. The molecule has 11 nitrogen and oxygen atoms in total. The summed E-state index contributed by atoms with van der Waals surface area (Å²) in [6, 6.07) is 20.2. The molecule has 0 aliphatic carbocycles. The zero-order valence-electron chi connectivity index (χ0n) is 26.6. The standard InChI is InChI=1S/C35H41N5O6S/c1-35(2,3)31(40-34(45)46-21-27-20-36-22-47-27)32(42)39-29(18-23-9-5-4-6-10-23)30(41)19-26(38-33(43)44)17-24-12-14-25(15-13-24)28-11-7-8-16-37-28/h4-16,20,22,26,29-31,38,41H,17-19,21H2,1-3H3,(H,39,42)(H,40,45)(H,43,44). The Morgan fingerprint density at radius 2 is 1.60 bits per heavy atom. The van der Waals surface area contributed by atoms with Crippen LogP contribution in [0, 0.1) is 5.41 Å². The minimum absolute atomic E-state index is 0.0220. The van der Waals surface area contributed by atoms with Crippen LogP contribution < -0.4 is 16.0 Å². The lowest BCUT2D eigenvalue weighted by atomic mass is 9.85. The number of hydrogen-bond acceptors (Lipinski definition) is 8. The highest BCUT2D eigenvalue weighted by Crippen LogP contribution is 2.22. The Kier molecular flexibility index (Phi) is 12.4. The Bertz CT molecular complexity index is 1560. The first-order valence-corrected chi connectivity index (χ1v) is 16.2. The zero-order chi connectivity index (χ0) is 33.8. The summed E-state index contributed by atoms with van der Waals surface area (Å²) >= 11 is 1.35. The van der Waals surface area contributed by atoms with E-state index in [4.69, 9.17) is 4.74 Å². The van der Waals surface area contributed by atoms with Gasteiger partial charge in [-0.15, -0.1) is 11.3 Å². The van der Waals surface area contributed by atoms with Crippen molar-refractivity contribution < 1.29 is 29.3 Å². The number of carboxylic acid groups (broad SMARTS) is 1. The summed E-state index contributed by atoms with van der Waals surface area (Å²) < 4.78 is 5.31. The molecule has 47 heavy (non-hydrogen) atoms. The van der Waals surface area contributed by atoms with Crippen LogP contribution >= 0.6 is 11.3 Å². The van der Waals surface area contributed by atoms with Crippen LogP contribution in [-0.4, -0.2) is 62.5 Å². The Hall–Kier alpha value is -4.81. The number of aromatic nitrogens is 2. The van der Waals surface area contributed by atoms with Crippen LogP contribution in [0.3, 0.4) is 0 Å². The van der Waals surface area contributed by atoms with Crippen molar-refractivity contribution in [2.24, 2.45) is 5.41 Å². The van der Waals surface area contributed by atoms with Crippen molar-refractivity contribution >= 4 is 29.4 Å². The van der Waals surface area contributed by atoms with Crippen molar-refractivity contribution in [3.05, 3.63) is 107 Å². The molecule has 4 rings (SSSR count). The molecule has 12 heteroatoms. The normalized spacial score (nSPS) is 13.9. The lowest BCUT2D eigenvalue weighted by molar-refractivity contribution is -0.127. The first kappa shape index (κ1) is 35.1. The second kappa shape index (κ2) is 16.7. The molecule has 2 heterocycles. The molecule has 2 aromatic heterocycles. The summed E-state index contributed by atoms with van der Waals surface area (Å²) in [5, 5.41) is 29.3. The fourth-order valence-corrected chi connectivity index (χ4v) is 5.66. The number of thiazole rings is 1. The number of nitrogens with zero attached hydrogens (tertiary/aromatic N) is 2. The van der Waals surface area contributed by atoms with E-state index in [-0.39, 0.29) is 19.4 Å². The number of amides is 3. The Morgan fingerprint density at radius 1 is 0.894 bits per heavy atom. The van der Waals surface area contributed by atoms with Gasteiger partial charge in [0.05, 0.1) is 28.2 Å². The fourth-order valence-electron chi connectivity index (χ4n) is 5.16. The van der Waals surface area contributed by atoms with Gasteiger partial charge in [0.15, 0.2) is 0 Å². The smallest absolute Gasteiger partial charge is 0.408 e. The molecule has 0 aliphatic heterocycles. The van der Waals surface area contributed by atoms with Gasteiger partial charge in [0.2, 0.25) is 5.91 Å². The molecule has 2 aromatic carbocycles. The van der Waals surface area contributed by atoms with Crippen molar-refractivity contribution in [2.75, 3.05) is 0 Å². The fraction of sp³-hybridized carbons (Fsp3) is 0.343. The van der Waals surface area contributed by atoms with Gasteiger partial charge in [0, 0.05) is 24.0 Å². The third kappa shape index (κ3) is 11.2. The number of carbonyl (C=O) groups excluding carboxylic acids is 2. The van der Waals surface area contributed by atoms with Crippen molar-refractivity contribution in [2.45, 2.75) is 70.9 Å². The minimum Gasteiger partial charge on any atom is -0.465 e. The number of hydrogen-bond donors (Lipinski definition) is 5. The van der Waals surface area contributed by atoms with E-state index < -0.39 is 47.7 Å². The van der Waals surface area contributed by atoms with Crippen LogP contribution in [0.5, 0.6) is 0 Å². The molecule has 4 aromatic rings. The maximum absolute atomic E-state index is 13.8. The van der Waals surface area contributed by atoms with E-state index in [1.165, 1.54) is 11.3 Å². The van der Waals surface area contributed by atoms with Crippen LogP contribution in [-0.2, 0) is 29.0 Å². The van der Waals surface area contributed by atoms with E-state index in [0.717, 1.165) is 27.3 Å². The number of nitrogens with one attached hydrogen (secondary N) is 3. The van der Waals surface area contributed by atoms with Crippen LogP contribution in [0.1, 0.15) is 43.2 Å². The van der Waals surface area contributed by atoms with E-state index >= 15 is 0 Å². The zero-order valence-corrected chi connectivity index (χ0v) is 27.4. The predicted octanol–water partition coefficient (Wildman–Crippen LogP) is 5.20. The lowest BCUT2D eigenvalue weighted by Crippen LogP contribution is -2.58. The Balaban J connectivity index is 1.48. The van der Waals surface area contributed by atoms with E-state index in [0.29, 0.717) is 6.42 Å². The average molecular weight is 660 g/mol. The number of alkyl carbamates (subject to hydrolysis) is 1. The van der Waals surface area contributed by atoms with Gasteiger partial charge in [0.25, 0.3) is 0 Å². The van der Waals surface area contributed by atoms with Gasteiger partial charge in [0.1, 0.15) is 12.6 Å². The molecule has 0 fully saturated rings. The summed E-state index contributed by atoms with van der Waals surface area (Å²) in [6.45, 7) is 5.47. The number of benzene rings is 2. The monoisotopic (exact) mass is 659 g/mol.